The smallest absolute Gasteiger partial charge is 0.323 e. The molecule has 0 aromatic heterocycles. The Kier molecular flexibility index (Phi) is 5.42. The fourth-order valence-electron chi connectivity index (χ4n) is 2.00. The Morgan fingerprint density at radius 1 is 1.00 bits per heavy atom. The predicted molar refractivity (Wildman–Crippen MR) is 88.7 cm³/mol. The zero-order valence-electron chi connectivity index (χ0n) is 13.0. The van der Waals surface area contributed by atoms with Gasteiger partial charge < -0.3 is 15.2 Å². The van der Waals surface area contributed by atoms with Gasteiger partial charge in [0.2, 0.25) is 15.9 Å². The molecule has 1 amide bonds. The minimum absolute atomic E-state index is 0.387. The number of sulfonamides is 1. The summed E-state index contributed by atoms with van der Waals surface area (Å²) in [6.45, 7) is 1.39. The summed E-state index contributed by atoms with van der Waals surface area (Å²) in [6, 6.07) is 17.1. The molecule has 0 aliphatic rings. The lowest BCUT2D eigenvalue weighted by molar-refractivity contribution is -0.115. The Morgan fingerprint density at radius 3 is 1.79 bits per heavy atom. The molecule has 0 aliphatic heterocycles. The molecule has 0 radical (unpaired) electrons. The van der Waals surface area contributed by atoms with E-state index >= 15 is 0 Å². The molecule has 7 nitrogen and oxygen atoms in total. The Bertz CT molecular complexity index is 737. The average molecular weight is 350 g/mol. The average Bonchev–Trinajstić information content (AvgIpc) is 2.46. The molecule has 0 fully saturated rings. The number of hydrogen-bond acceptors (Lipinski definition) is 5. The summed E-state index contributed by atoms with van der Waals surface area (Å²) in [5.74, 6) is -2.85. The van der Waals surface area contributed by atoms with Crippen LogP contribution in [-0.2, 0) is 14.8 Å². The van der Waals surface area contributed by atoms with Crippen molar-refractivity contribution in [3.8, 4) is 11.5 Å². The molecule has 2 aromatic rings. The summed E-state index contributed by atoms with van der Waals surface area (Å²) >= 11 is 0. The molecule has 128 valence electrons. The molecule has 2 aromatic carbocycles. The molecule has 0 bridgehead atoms. The first kappa shape index (κ1) is 17.8. The van der Waals surface area contributed by atoms with Crippen LogP contribution in [0.15, 0.2) is 60.7 Å². The lowest BCUT2D eigenvalue weighted by Gasteiger charge is -2.31. The second-order valence-corrected chi connectivity index (χ2v) is 6.83. The highest BCUT2D eigenvalue weighted by molar-refractivity contribution is 7.90. The lowest BCUT2D eigenvalue weighted by atomic mass is 10.3. The van der Waals surface area contributed by atoms with E-state index in [-0.39, 0.29) is 0 Å². The van der Waals surface area contributed by atoms with Crippen LogP contribution in [0.5, 0.6) is 11.5 Å². The van der Waals surface area contributed by atoms with Gasteiger partial charge in [-0.3, -0.25) is 4.79 Å². The van der Waals surface area contributed by atoms with Crippen LogP contribution in [0.1, 0.15) is 6.92 Å². The van der Waals surface area contributed by atoms with Crippen LogP contribution in [0.3, 0.4) is 0 Å². The quantitative estimate of drug-likeness (QED) is 0.696. The highest BCUT2D eigenvalue weighted by atomic mass is 32.2. The van der Waals surface area contributed by atoms with Gasteiger partial charge in [-0.15, -0.1) is 4.72 Å². The topological polar surface area (TPSA) is 108 Å². The molecule has 0 unspecified atom stereocenters. The van der Waals surface area contributed by atoms with E-state index in [0.29, 0.717) is 11.5 Å². The molecule has 0 saturated carbocycles. The van der Waals surface area contributed by atoms with Gasteiger partial charge in [-0.2, -0.15) is 0 Å². The van der Waals surface area contributed by atoms with Crippen LogP contribution in [0, 0.1) is 0 Å². The number of primary amides is 1. The Hall–Kier alpha value is -2.58. The molecule has 24 heavy (non-hydrogen) atoms. The van der Waals surface area contributed by atoms with Gasteiger partial charge in [0.1, 0.15) is 17.3 Å². The molecule has 2 rings (SSSR count). The lowest BCUT2D eigenvalue weighted by Crippen LogP contribution is -2.56. The van der Waals surface area contributed by atoms with E-state index in [4.69, 9.17) is 15.2 Å². The van der Waals surface area contributed by atoms with E-state index in [1.165, 1.54) is 6.92 Å². The van der Waals surface area contributed by atoms with Crippen molar-refractivity contribution in [3.63, 3.8) is 0 Å². The molecular weight excluding hydrogens is 332 g/mol. The molecule has 0 aliphatic carbocycles. The molecule has 3 N–H and O–H groups in total. The largest absolute Gasteiger partial charge is 0.439 e. The zero-order chi connectivity index (χ0) is 17.6. The van der Waals surface area contributed by atoms with Crippen molar-refractivity contribution < 1.29 is 22.7 Å². The van der Waals surface area contributed by atoms with Crippen LogP contribution < -0.4 is 19.9 Å². The third-order valence-corrected chi connectivity index (χ3v) is 4.13. The summed E-state index contributed by atoms with van der Waals surface area (Å²) in [6.07, 6.45) is 0. The van der Waals surface area contributed by atoms with Gasteiger partial charge in [0.15, 0.2) is 0 Å². The zero-order valence-corrected chi connectivity index (χ0v) is 13.8. The molecule has 0 heterocycles. The summed E-state index contributed by atoms with van der Waals surface area (Å²) in [5, 5.41) is 0. The number of benzene rings is 2. The molecule has 0 atom stereocenters. The third-order valence-electron chi connectivity index (χ3n) is 2.78. The first-order valence-corrected chi connectivity index (χ1v) is 8.71. The first-order chi connectivity index (χ1) is 11.3. The number of nitrogens with two attached hydrogens (primary N) is 1. The normalized spacial score (nSPS) is 11.7. The van der Waals surface area contributed by atoms with Crippen molar-refractivity contribution >= 4 is 15.9 Å². The number of amides is 1. The summed E-state index contributed by atoms with van der Waals surface area (Å²) in [4.78, 5) is 10.9. The second kappa shape index (κ2) is 7.33. The van der Waals surface area contributed by atoms with E-state index in [1.807, 2.05) is 0 Å². The highest BCUT2D eigenvalue weighted by Crippen LogP contribution is 2.21. The maximum atomic E-state index is 12.1. The molecule has 0 spiro atoms. The minimum atomic E-state index is -4.05. The highest BCUT2D eigenvalue weighted by Gasteiger charge is 2.35. The van der Waals surface area contributed by atoms with Gasteiger partial charge in [-0.05, 0) is 24.3 Å². The van der Waals surface area contributed by atoms with Crippen LogP contribution in [0.4, 0.5) is 0 Å². The van der Waals surface area contributed by atoms with Crippen molar-refractivity contribution in [2.24, 2.45) is 5.73 Å². The van der Waals surface area contributed by atoms with Crippen LogP contribution >= 0.6 is 0 Å². The number of hydrogen-bond donors (Lipinski definition) is 2. The number of ether oxygens (including phenoxy) is 2. The van der Waals surface area contributed by atoms with Gasteiger partial charge in [0.25, 0.3) is 0 Å². The van der Waals surface area contributed by atoms with Crippen molar-refractivity contribution in [2.45, 2.75) is 12.8 Å². The van der Waals surface area contributed by atoms with Crippen molar-refractivity contribution in [1.29, 1.82) is 0 Å². The Labute approximate surface area is 140 Å². The standard InChI is InChI=1S/C16H18N2O5S/c1-16(18-24(20,21)12-15(17)19,22-13-8-4-2-5-9-13)23-14-10-6-3-7-11-14/h2-11,18H,12H2,1H3,(H2,17,19). The van der Waals surface area contributed by atoms with Gasteiger partial charge in [0, 0.05) is 6.92 Å². The Morgan fingerprint density at radius 2 is 1.42 bits per heavy atom. The number of carbonyl (C=O) groups is 1. The number of rotatable bonds is 8. The van der Waals surface area contributed by atoms with Gasteiger partial charge in [0.05, 0.1) is 0 Å². The molecular formula is C16H18N2O5S. The minimum Gasteiger partial charge on any atom is -0.439 e. The molecule has 8 heteroatoms. The van der Waals surface area contributed by atoms with Crippen molar-refractivity contribution in [1.82, 2.24) is 4.72 Å². The number of nitrogens with one attached hydrogen (secondary N) is 1. The maximum Gasteiger partial charge on any atom is 0.323 e. The third kappa shape index (κ3) is 5.56. The van der Waals surface area contributed by atoms with E-state index in [2.05, 4.69) is 4.72 Å². The van der Waals surface area contributed by atoms with E-state index in [0.717, 1.165) is 0 Å². The van der Waals surface area contributed by atoms with E-state index in [1.54, 1.807) is 60.7 Å². The van der Waals surface area contributed by atoms with Crippen molar-refractivity contribution in [3.05, 3.63) is 60.7 Å². The fourth-order valence-corrected chi connectivity index (χ4v) is 3.09. The van der Waals surface area contributed by atoms with Gasteiger partial charge >= 0.3 is 5.91 Å². The van der Waals surface area contributed by atoms with Gasteiger partial charge in [-0.1, -0.05) is 36.4 Å². The molecule has 0 saturated heterocycles. The Balaban J connectivity index is 2.28. The summed E-state index contributed by atoms with van der Waals surface area (Å²) in [5.41, 5.74) is 4.96. The maximum absolute atomic E-state index is 12.1. The van der Waals surface area contributed by atoms with E-state index < -0.39 is 27.6 Å². The monoisotopic (exact) mass is 350 g/mol. The summed E-state index contributed by atoms with van der Waals surface area (Å²) in [7, 11) is -4.05. The first-order valence-electron chi connectivity index (χ1n) is 7.06. The van der Waals surface area contributed by atoms with Crippen molar-refractivity contribution in [2.75, 3.05) is 5.75 Å². The fraction of sp³-hybridized carbons (Fsp3) is 0.188. The number of para-hydroxylation sites is 2. The SMILES string of the molecule is CC(NS(=O)(=O)CC(N)=O)(Oc1ccccc1)Oc1ccccc1. The van der Waals surface area contributed by atoms with Crippen LogP contribution in [-0.4, -0.2) is 26.0 Å². The second-order valence-electron chi connectivity index (χ2n) is 5.10. The van der Waals surface area contributed by atoms with Crippen LogP contribution in [0.25, 0.3) is 0 Å². The van der Waals surface area contributed by atoms with Crippen LogP contribution in [0.2, 0.25) is 0 Å². The summed E-state index contributed by atoms with van der Waals surface area (Å²) < 4.78 is 37.7. The van der Waals surface area contributed by atoms with E-state index in [9.17, 15) is 13.2 Å². The van der Waals surface area contributed by atoms with Gasteiger partial charge in [-0.25, -0.2) is 8.42 Å². The number of carbonyl (C=O) groups excluding carboxylic acids is 1. The predicted octanol–water partition coefficient (Wildman–Crippen LogP) is 1.22.